The van der Waals surface area contributed by atoms with Crippen molar-refractivity contribution in [1.82, 2.24) is 15.1 Å². The fraction of sp³-hybridized carbons (Fsp3) is 0.450. The third-order valence-corrected chi connectivity index (χ3v) is 4.73. The van der Waals surface area contributed by atoms with E-state index in [1.54, 1.807) is 0 Å². The van der Waals surface area contributed by atoms with Crippen LogP contribution in [0.5, 0.6) is 0 Å². The standard InChI is InChI=1S/C20H27N5O2/c1-14-11-20(24(3)23-14)25-10-4-5-18(13-25)22-19(27)12-16-6-8-17(9-7-16)21-15(2)26/h6-9,11,18H,4-5,10,12-13H2,1-3H3,(H,21,26)(H,22,27)/t18-/m0/s1. The molecule has 1 fully saturated rings. The van der Waals surface area contributed by atoms with Crippen molar-refractivity contribution in [3.8, 4) is 0 Å². The first-order chi connectivity index (χ1) is 12.9. The summed E-state index contributed by atoms with van der Waals surface area (Å²) in [5.74, 6) is 1.02. The van der Waals surface area contributed by atoms with Crippen LogP contribution < -0.4 is 15.5 Å². The molecule has 0 aliphatic carbocycles. The van der Waals surface area contributed by atoms with Crippen molar-refractivity contribution >= 4 is 23.3 Å². The zero-order valence-electron chi connectivity index (χ0n) is 16.2. The molecule has 1 atom stereocenters. The van der Waals surface area contributed by atoms with Crippen LogP contribution in [0.2, 0.25) is 0 Å². The first kappa shape index (κ1) is 18.9. The smallest absolute Gasteiger partial charge is 0.224 e. The fourth-order valence-electron chi connectivity index (χ4n) is 3.57. The fourth-order valence-corrected chi connectivity index (χ4v) is 3.57. The SMILES string of the molecule is CC(=O)Nc1ccc(CC(=O)N[C@H]2CCCN(c3cc(C)nn3C)C2)cc1. The number of nitrogens with one attached hydrogen (secondary N) is 2. The Morgan fingerprint density at radius 1 is 1.26 bits per heavy atom. The number of piperidine rings is 1. The lowest BCUT2D eigenvalue weighted by Crippen LogP contribution is -2.48. The van der Waals surface area contributed by atoms with Gasteiger partial charge in [0.25, 0.3) is 0 Å². The zero-order valence-corrected chi connectivity index (χ0v) is 16.2. The van der Waals surface area contributed by atoms with Gasteiger partial charge < -0.3 is 15.5 Å². The van der Waals surface area contributed by atoms with Crippen LogP contribution in [0.4, 0.5) is 11.5 Å². The van der Waals surface area contributed by atoms with Gasteiger partial charge in [0.15, 0.2) is 0 Å². The molecule has 27 heavy (non-hydrogen) atoms. The van der Waals surface area contributed by atoms with Crippen LogP contribution in [0.25, 0.3) is 0 Å². The van der Waals surface area contributed by atoms with Crippen LogP contribution in [-0.2, 0) is 23.1 Å². The van der Waals surface area contributed by atoms with Gasteiger partial charge in [-0.1, -0.05) is 12.1 Å². The first-order valence-corrected chi connectivity index (χ1v) is 9.32. The van der Waals surface area contributed by atoms with E-state index in [0.29, 0.717) is 6.42 Å². The van der Waals surface area contributed by atoms with E-state index in [9.17, 15) is 9.59 Å². The predicted molar refractivity (Wildman–Crippen MR) is 106 cm³/mol. The molecular weight excluding hydrogens is 342 g/mol. The largest absolute Gasteiger partial charge is 0.355 e. The van der Waals surface area contributed by atoms with Gasteiger partial charge >= 0.3 is 0 Å². The average Bonchev–Trinajstić information content (AvgIpc) is 2.95. The van der Waals surface area contributed by atoms with Crippen LogP contribution >= 0.6 is 0 Å². The highest BCUT2D eigenvalue weighted by atomic mass is 16.2. The summed E-state index contributed by atoms with van der Waals surface area (Å²) >= 11 is 0. The Morgan fingerprint density at radius 3 is 2.63 bits per heavy atom. The summed E-state index contributed by atoms with van der Waals surface area (Å²) in [4.78, 5) is 25.8. The van der Waals surface area contributed by atoms with Gasteiger partial charge in [0.2, 0.25) is 11.8 Å². The first-order valence-electron chi connectivity index (χ1n) is 9.32. The number of hydrogen-bond donors (Lipinski definition) is 2. The van der Waals surface area contributed by atoms with Crippen molar-refractivity contribution in [2.45, 2.75) is 39.2 Å². The Bertz CT molecular complexity index is 812. The van der Waals surface area contributed by atoms with Crippen LogP contribution in [-0.4, -0.2) is 40.7 Å². The van der Waals surface area contributed by atoms with Gasteiger partial charge in [0, 0.05) is 44.9 Å². The lowest BCUT2D eigenvalue weighted by Gasteiger charge is -2.34. The highest BCUT2D eigenvalue weighted by Gasteiger charge is 2.23. The van der Waals surface area contributed by atoms with E-state index >= 15 is 0 Å². The second-order valence-corrected chi connectivity index (χ2v) is 7.18. The number of amides is 2. The van der Waals surface area contributed by atoms with Gasteiger partial charge in [0.1, 0.15) is 5.82 Å². The van der Waals surface area contributed by atoms with Crippen molar-refractivity contribution in [2.75, 3.05) is 23.3 Å². The average molecular weight is 369 g/mol. The number of benzene rings is 1. The van der Waals surface area contributed by atoms with Crippen LogP contribution in [0.3, 0.4) is 0 Å². The molecule has 1 saturated heterocycles. The van der Waals surface area contributed by atoms with Crippen LogP contribution in [0, 0.1) is 6.92 Å². The molecule has 2 N–H and O–H groups in total. The monoisotopic (exact) mass is 369 g/mol. The number of aromatic nitrogens is 2. The Labute approximate surface area is 159 Å². The van der Waals surface area contributed by atoms with Gasteiger partial charge in [-0.25, -0.2) is 0 Å². The molecule has 0 saturated carbocycles. The van der Waals surface area contributed by atoms with Crippen LogP contribution in [0.1, 0.15) is 31.0 Å². The van der Waals surface area contributed by atoms with E-state index < -0.39 is 0 Å². The lowest BCUT2D eigenvalue weighted by molar-refractivity contribution is -0.121. The Kier molecular flexibility index (Phi) is 5.78. The molecule has 7 heteroatoms. The maximum Gasteiger partial charge on any atom is 0.224 e. The molecule has 0 unspecified atom stereocenters. The van der Waals surface area contributed by atoms with Gasteiger partial charge in [-0.3, -0.25) is 14.3 Å². The molecule has 1 aromatic heterocycles. The number of carbonyl (C=O) groups is 2. The number of hydrogen-bond acceptors (Lipinski definition) is 4. The summed E-state index contributed by atoms with van der Waals surface area (Å²) in [7, 11) is 1.95. The highest BCUT2D eigenvalue weighted by Crippen LogP contribution is 2.20. The third kappa shape index (κ3) is 5.09. The van der Waals surface area contributed by atoms with Crippen molar-refractivity contribution in [3.05, 3.63) is 41.6 Å². The molecule has 7 nitrogen and oxygen atoms in total. The topological polar surface area (TPSA) is 79.3 Å². The van der Waals surface area contributed by atoms with Crippen molar-refractivity contribution < 1.29 is 9.59 Å². The third-order valence-electron chi connectivity index (χ3n) is 4.73. The van der Waals surface area contributed by atoms with Crippen molar-refractivity contribution in [3.63, 3.8) is 0 Å². The van der Waals surface area contributed by atoms with E-state index in [1.165, 1.54) is 6.92 Å². The Morgan fingerprint density at radius 2 is 2.00 bits per heavy atom. The van der Waals surface area contributed by atoms with Crippen LogP contribution in [0.15, 0.2) is 30.3 Å². The van der Waals surface area contributed by atoms with Crippen molar-refractivity contribution in [2.24, 2.45) is 7.05 Å². The Hall–Kier alpha value is -2.83. The highest BCUT2D eigenvalue weighted by molar-refractivity contribution is 5.88. The molecule has 1 aliphatic rings. The molecule has 2 aromatic rings. The number of rotatable bonds is 5. The van der Waals surface area contributed by atoms with E-state index in [-0.39, 0.29) is 17.9 Å². The number of anilines is 2. The number of carbonyl (C=O) groups excluding carboxylic acids is 2. The maximum absolute atomic E-state index is 12.4. The van der Waals surface area contributed by atoms with E-state index in [0.717, 1.165) is 48.7 Å². The molecule has 2 amide bonds. The Balaban J connectivity index is 1.54. The lowest BCUT2D eigenvalue weighted by atomic mass is 10.0. The maximum atomic E-state index is 12.4. The minimum atomic E-state index is -0.106. The minimum absolute atomic E-state index is 0.0234. The van der Waals surface area contributed by atoms with E-state index in [4.69, 9.17) is 0 Å². The normalized spacial score (nSPS) is 16.9. The molecule has 1 aromatic carbocycles. The minimum Gasteiger partial charge on any atom is -0.355 e. The second-order valence-electron chi connectivity index (χ2n) is 7.18. The summed E-state index contributed by atoms with van der Waals surface area (Å²) in [6.45, 7) is 5.24. The quantitative estimate of drug-likeness (QED) is 0.845. The molecule has 0 radical (unpaired) electrons. The van der Waals surface area contributed by atoms with Crippen molar-refractivity contribution in [1.29, 1.82) is 0 Å². The van der Waals surface area contributed by atoms with Gasteiger partial charge in [0.05, 0.1) is 12.1 Å². The summed E-state index contributed by atoms with van der Waals surface area (Å²) in [5, 5.41) is 10.3. The predicted octanol–water partition coefficient (Wildman–Crippen LogP) is 2.01. The summed E-state index contributed by atoms with van der Waals surface area (Å²) in [6, 6.07) is 9.60. The molecule has 144 valence electrons. The summed E-state index contributed by atoms with van der Waals surface area (Å²) < 4.78 is 1.90. The number of aryl methyl sites for hydroxylation is 2. The molecule has 0 bridgehead atoms. The van der Waals surface area contributed by atoms with Gasteiger partial charge in [-0.2, -0.15) is 5.10 Å². The van der Waals surface area contributed by atoms with Gasteiger partial charge in [-0.15, -0.1) is 0 Å². The van der Waals surface area contributed by atoms with Gasteiger partial charge in [-0.05, 0) is 37.5 Å². The number of nitrogens with zero attached hydrogens (tertiary/aromatic N) is 3. The zero-order chi connectivity index (χ0) is 19.4. The molecular formula is C20H27N5O2. The van der Waals surface area contributed by atoms with E-state index in [2.05, 4.69) is 26.7 Å². The molecule has 3 rings (SSSR count). The molecule has 1 aliphatic heterocycles. The second kappa shape index (κ2) is 8.24. The molecule has 2 heterocycles. The summed E-state index contributed by atoms with van der Waals surface area (Å²) in [6.07, 6.45) is 2.36. The molecule has 0 spiro atoms. The summed E-state index contributed by atoms with van der Waals surface area (Å²) in [5.41, 5.74) is 2.67. The van der Waals surface area contributed by atoms with E-state index in [1.807, 2.05) is 42.9 Å².